The lowest BCUT2D eigenvalue weighted by Crippen LogP contribution is -2.43. The number of carboxylic acid groups (broad SMARTS) is 1. The molecule has 2 aliphatic carbocycles. The average Bonchev–Trinajstić information content (AvgIpc) is 3.61. The van der Waals surface area contributed by atoms with Crippen LogP contribution in [0.5, 0.6) is 5.75 Å². The average molecular weight is 475 g/mol. The molecule has 184 valence electrons. The lowest BCUT2D eigenvalue weighted by molar-refractivity contribution is -0.0351. The van der Waals surface area contributed by atoms with E-state index in [0.717, 1.165) is 56.1 Å². The minimum Gasteiger partial charge on any atom is -0.496 e. The van der Waals surface area contributed by atoms with Crippen molar-refractivity contribution in [3.8, 4) is 5.75 Å². The van der Waals surface area contributed by atoms with Gasteiger partial charge in [-0.2, -0.15) is 0 Å². The second-order valence-corrected chi connectivity index (χ2v) is 10.5. The SMILES string of the molecule is COc1cc(C)c2[nH]cc3c2c1C(N1CC[C@@H](OCC2CC2)C[C@@H]1c1ccc(C(=O)O)cc1)CC3. The Labute approximate surface area is 206 Å². The van der Waals surface area contributed by atoms with Gasteiger partial charge in [0, 0.05) is 47.9 Å². The Hall–Kier alpha value is -2.83. The molecule has 0 spiro atoms. The molecule has 3 aliphatic rings. The van der Waals surface area contributed by atoms with E-state index in [1.165, 1.54) is 40.4 Å². The third kappa shape index (κ3) is 4.13. The highest BCUT2D eigenvalue weighted by molar-refractivity contribution is 5.92. The number of rotatable bonds is 7. The number of carboxylic acids is 1. The van der Waals surface area contributed by atoms with Gasteiger partial charge in [0.05, 0.1) is 18.8 Å². The Morgan fingerprint density at radius 2 is 1.94 bits per heavy atom. The molecule has 2 heterocycles. The Bertz CT molecular complexity index is 1240. The monoisotopic (exact) mass is 474 g/mol. The van der Waals surface area contributed by atoms with E-state index in [9.17, 15) is 9.90 Å². The summed E-state index contributed by atoms with van der Waals surface area (Å²) in [6.45, 7) is 3.96. The summed E-state index contributed by atoms with van der Waals surface area (Å²) in [5.74, 6) is 0.825. The molecule has 35 heavy (non-hydrogen) atoms. The maximum atomic E-state index is 11.5. The molecule has 6 rings (SSSR count). The van der Waals surface area contributed by atoms with Crippen LogP contribution in [0.1, 0.15) is 76.8 Å². The van der Waals surface area contributed by atoms with Crippen LogP contribution in [-0.4, -0.2) is 47.3 Å². The summed E-state index contributed by atoms with van der Waals surface area (Å²) in [5.41, 5.74) is 6.58. The van der Waals surface area contributed by atoms with Crippen LogP contribution in [0.4, 0.5) is 0 Å². The summed E-state index contributed by atoms with van der Waals surface area (Å²) in [6, 6.07) is 10.0. The predicted octanol–water partition coefficient (Wildman–Crippen LogP) is 5.80. The second kappa shape index (κ2) is 8.99. The number of hydrogen-bond acceptors (Lipinski definition) is 4. The van der Waals surface area contributed by atoms with Crippen molar-refractivity contribution in [2.24, 2.45) is 5.92 Å². The first-order chi connectivity index (χ1) is 17.0. The van der Waals surface area contributed by atoms with E-state index in [2.05, 4.69) is 29.1 Å². The number of nitrogens with one attached hydrogen (secondary N) is 1. The van der Waals surface area contributed by atoms with Gasteiger partial charge in [-0.3, -0.25) is 4.90 Å². The third-order valence-electron chi connectivity index (χ3n) is 8.28. The summed E-state index contributed by atoms with van der Waals surface area (Å²) in [5, 5.41) is 10.7. The fourth-order valence-electron chi connectivity index (χ4n) is 6.23. The van der Waals surface area contributed by atoms with Gasteiger partial charge in [0.1, 0.15) is 5.75 Å². The smallest absolute Gasteiger partial charge is 0.335 e. The number of methoxy groups -OCH3 is 1. The number of benzene rings is 2. The molecule has 6 heteroatoms. The number of hydrogen-bond donors (Lipinski definition) is 2. The maximum absolute atomic E-state index is 11.5. The zero-order valence-electron chi connectivity index (χ0n) is 20.5. The van der Waals surface area contributed by atoms with Crippen molar-refractivity contribution in [3.05, 3.63) is 64.3 Å². The molecule has 0 amide bonds. The summed E-state index contributed by atoms with van der Waals surface area (Å²) >= 11 is 0. The minimum atomic E-state index is -0.887. The Kier molecular flexibility index (Phi) is 5.81. The molecule has 2 N–H and O–H groups in total. The largest absolute Gasteiger partial charge is 0.496 e. The zero-order chi connectivity index (χ0) is 24.1. The summed E-state index contributed by atoms with van der Waals surface area (Å²) in [4.78, 5) is 17.6. The van der Waals surface area contributed by atoms with Gasteiger partial charge in [0.15, 0.2) is 0 Å². The van der Waals surface area contributed by atoms with E-state index in [0.29, 0.717) is 5.56 Å². The van der Waals surface area contributed by atoms with Gasteiger partial charge in [-0.15, -0.1) is 0 Å². The molecule has 3 aromatic rings. The molecule has 0 radical (unpaired) electrons. The van der Waals surface area contributed by atoms with Crippen molar-refractivity contribution < 1.29 is 19.4 Å². The number of aromatic carboxylic acids is 1. The summed E-state index contributed by atoms with van der Waals surface area (Å²) in [7, 11) is 1.77. The van der Waals surface area contributed by atoms with Crippen LogP contribution in [0.15, 0.2) is 36.5 Å². The van der Waals surface area contributed by atoms with Crippen molar-refractivity contribution in [1.82, 2.24) is 9.88 Å². The van der Waals surface area contributed by atoms with Crippen LogP contribution < -0.4 is 4.74 Å². The van der Waals surface area contributed by atoms with Crippen molar-refractivity contribution in [3.63, 3.8) is 0 Å². The van der Waals surface area contributed by atoms with E-state index in [4.69, 9.17) is 9.47 Å². The molecule has 1 aromatic heterocycles. The molecule has 1 aliphatic heterocycles. The number of aryl methyl sites for hydroxylation is 2. The highest BCUT2D eigenvalue weighted by atomic mass is 16.5. The maximum Gasteiger partial charge on any atom is 0.335 e. The van der Waals surface area contributed by atoms with Crippen LogP contribution in [0.2, 0.25) is 0 Å². The molecule has 2 aromatic carbocycles. The van der Waals surface area contributed by atoms with Crippen LogP contribution in [0.25, 0.3) is 10.9 Å². The molecule has 1 saturated carbocycles. The number of piperidine rings is 1. The van der Waals surface area contributed by atoms with E-state index >= 15 is 0 Å². The lowest BCUT2D eigenvalue weighted by atomic mass is 9.82. The van der Waals surface area contributed by atoms with Crippen LogP contribution in [0, 0.1) is 12.8 Å². The second-order valence-electron chi connectivity index (χ2n) is 10.5. The molecule has 1 saturated heterocycles. The van der Waals surface area contributed by atoms with E-state index in [-0.39, 0.29) is 18.2 Å². The summed E-state index contributed by atoms with van der Waals surface area (Å²) in [6.07, 6.45) is 9.01. The number of carbonyl (C=O) groups is 1. The fourth-order valence-corrected chi connectivity index (χ4v) is 6.23. The van der Waals surface area contributed by atoms with Gasteiger partial charge in [-0.1, -0.05) is 12.1 Å². The minimum absolute atomic E-state index is 0.169. The number of aromatic nitrogens is 1. The number of ether oxygens (including phenoxy) is 2. The first-order valence-corrected chi connectivity index (χ1v) is 12.9. The number of nitrogens with zero attached hydrogens (tertiary/aromatic N) is 1. The van der Waals surface area contributed by atoms with Gasteiger partial charge in [-0.25, -0.2) is 4.79 Å². The standard InChI is InChI=1S/C29H34N2O4/c1-17-13-25(34-2)27-23(10-9-21-15-30-28(17)26(21)27)31-12-11-22(35-16-18-3-4-18)14-24(31)19-5-7-20(8-6-19)29(32)33/h5-8,13,15,18,22-24,30H,3-4,9-12,14,16H2,1-2H3,(H,32,33)/t22-,23?,24-/m1/s1. The molecular weight excluding hydrogens is 440 g/mol. The van der Waals surface area contributed by atoms with Crippen molar-refractivity contribution in [1.29, 1.82) is 0 Å². The van der Waals surface area contributed by atoms with Crippen LogP contribution in [-0.2, 0) is 11.2 Å². The Balaban J connectivity index is 1.38. The molecule has 3 atom stereocenters. The number of aromatic amines is 1. The zero-order valence-corrected chi connectivity index (χ0v) is 20.5. The van der Waals surface area contributed by atoms with E-state index in [1.807, 2.05) is 12.1 Å². The molecule has 6 nitrogen and oxygen atoms in total. The first kappa shape index (κ1) is 22.6. The third-order valence-corrected chi connectivity index (χ3v) is 8.28. The van der Waals surface area contributed by atoms with Gasteiger partial charge in [0.2, 0.25) is 0 Å². The van der Waals surface area contributed by atoms with Crippen molar-refractivity contribution >= 4 is 16.9 Å². The Morgan fingerprint density at radius 1 is 1.14 bits per heavy atom. The predicted molar refractivity (Wildman–Crippen MR) is 135 cm³/mol. The van der Waals surface area contributed by atoms with Crippen LogP contribution >= 0.6 is 0 Å². The van der Waals surface area contributed by atoms with E-state index < -0.39 is 5.97 Å². The highest BCUT2D eigenvalue weighted by Gasteiger charge is 2.39. The molecule has 2 fully saturated rings. The first-order valence-electron chi connectivity index (χ1n) is 12.9. The molecule has 0 bridgehead atoms. The number of likely N-dealkylation sites (tertiary alicyclic amines) is 1. The Morgan fingerprint density at radius 3 is 2.66 bits per heavy atom. The van der Waals surface area contributed by atoms with Gasteiger partial charge in [-0.05, 0) is 86.3 Å². The van der Waals surface area contributed by atoms with Gasteiger partial charge < -0.3 is 19.6 Å². The molecular formula is C29H34N2O4. The summed E-state index contributed by atoms with van der Waals surface area (Å²) < 4.78 is 12.3. The van der Waals surface area contributed by atoms with E-state index in [1.54, 1.807) is 19.2 Å². The van der Waals surface area contributed by atoms with Gasteiger partial charge in [0.25, 0.3) is 0 Å². The fraction of sp³-hybridized carbons (Fsp3) is 0.483. The number of H-pyrrole nitrogens is 1. The van der Waals surface area contributed by atoms with Gasteiger partial charge >= 0.3 is 5.97 Å². The highest BCUT2D eigenvalue weighted by Crippen LogP contribution is 2.49. The lowest BCUT2D eigenvalue weighted by Gasteiger charge is -2.45. The van der Waals surface area contributed by atoms with Crippen molar-refractivity contribution in [2.75, 3.05) is 20.3 Å². The molecule has 1 unspecified atom stereocenters. The van der Waals surface area contributed by atoms with Crippen molar-refractivity contribution in [2.45, 2.75) is 63.6 Å². The quantitative estimate of drug-likeness (QED) is 0.452. The normalized spacial score (nSPS) is 24.6. The topological polar surface area (TPSA) is 74.8 Å². The van der Waals surface area contributed by atoms with Crippen LogP contribution in [0.3, 0.4) is 0 Å².